The van der Waals surface area contributed by atoms with Crippen LogP contribution in [0.1, 0.15) is 53.9 Å². The first-order valence-corrected chi connectivity index (χ1v) is 9.59. The molecule has 1 aliphatic carbocycles. The van der Waals surface area contributed by atoms with Crippen molar-refractivity contribution in [1.82, 2.24) is 4.90 Å². The monoisotopic (exact) mass is 319 g/mol. The van der Waals surface area contributed by atoms with Crippen LogP contribution in [0.5, 0.6) is 0 Å². The van der Waals surface area contributed by atoms with Crippen LogP contribution in [-0.2, 0) is 4.74 Å². The van der Waals surface area contributed by atoms with Gasteiger partial charge in [0, 0.05) is 30.0 Å². The van der Waals surface area contributed by atoms with Crippen LogP contribution in [0.15, 0.2) is 12.2 Å². The summed E-state index contributed by atoms with van der Waals surface area (Å²) in [6, 6.07) is 0.389. The number of hydrogen-bond acceptors (Lipinski definition) is 3. The standard InChI is InChI=1S/C20H33NO2/c1-12-6-7-15(17(22)10-12)19(4,5)21-11-16-13(2)18-8-9-20(16,23-18)14(21)3/h8-9,12-18,22H,6-7,10-11H2,1-5H3/t12-,13+,14+,15-,16+,17-,18+,20+/m1/s1. The fourth-order valence-corrected chi connectivity index (χ4v) is 6.29. The molecule has 0 aromatic rings. The Morgan fingerprint density at radius 2 is 1.96 bits per heavy atom. The molecule has 3 fully saturated rings. The predicted molar refractivity (Wildman–Crippen MR) is 92.2 cm³/mol. The SMILES string of the molecule is C[C@@H]1CC[C@@H](C(C)(C)N2C[C@H]3[C@H](C)[C@@H]4C=C[C@]3(O4)[C@@H]2C)[C@H](O)C1. The van der Waals surface area contributed by atoms with Crippen molar-refractivity contribution in [1.29, 1.82) is 0 Å². The zero-order valence-corrected chi connectivity index (χ0v) is 15.3. The van der Waals surface area contributed by atoms with Gasteiger partial charge in [0.25, 0.3) is 0 Å². The highest BCUT2D eigenvalue weighted by molar-refractivity contribution is 5.29. The molecule has 1 saturated carbocycles. The van der Waals surface area contributed by atoms with Crippen molar-refractivity contribution in [2.75, 3.05) is 6.54 Å². The Hall–Kier alpha value is -0.380. The number of aliphatic hydroxyl groups excluding tert-OH is 1. The second-order valence-corrected chi connectivity index (χ2v) is 9.33. The normalized spacial score (nSPS) is 53.0. The van der Waals surface area contributed by atoms with Crippen molar-refractivity contribution in [3.8, 4) is 0 Å². The van der Waals surface area contributed by atoms with E-state index in [1.54, 1.807) is 0 Å². The van der Waals surface area contributed by atoms with Gasteiger partial charge in [0.05, 0.1) is 12.2 Å². The maximum atomic E-state index is 10.7. The summed E-state index contributed by atoms with van der Waals surface area (Å²) in [6.07, 6.45) is 8.15. The summed E-state index contributed by atoms with van der Waals surface area (Å²) in [7, 11) is 0. The van der Waals surface area contributed by atoms with E-state index in [0.717, 1.165) is 19.4 Å². The maximum absolute atomic E-state index is 10.7. The van der Waals surface area contributed by atoms with E-state index in [4.69, 9.17) is 4.74 Å². The van der Waals surface area contributed by atoms with Gasteiger partial charge in [-0.15, -0.1) is 0 Å². The van der Waals surface area contributed by atoms with Crippen molar-refractivity contribution >= 4 is 0 Å². The van der Waals surface area contributed by atoms with Crippen LogP contribution in [0.3, 0.4) is 0 Å². The zero-order valence-electron chi connectivity index (χ0n) is 15.3. The highest BCUT2D eigenvalue weighted by atomic mass is 16.5. The topological polar surface area (TPSA) is 32.7 Å². The van der Waals surface area contributed by atoms with Gasteiger partial charge in [0.2, 0.25) is 0 Å². The van der Waals surface area contributed by atoms with Crippen molar-refractivity contribution in [2.24, 2.45) is 23.7 Å². The minimum Gasteiger partial charge on any atom is -0.393 e. The molecule has 4 rings (SSSR count). The molecule has 8 atom stereocenters. The Kier molecular flexibility index (Phi) is 3.54. The van der Waals surface area contributed by atoms with Crippen LogP contribution < -0.4 is 0 Å². The van der Waals surface area contributed by atoms with Gasteiger partial charge >= 0.3 is 0 Å². The van der Waals surface area contributed by atoms with Crippen LogP contribution in [-0.4, -0.2) is 45.9 Å². The number of aliphatic hydroxyl groups is 1. The first kappa shape index (κ1) is 16.1. The molecule has 0 amide bonds. The number of fused-ring (bicyclic) bond motifs is 1. The summed E-state index contributed by atoms with van der Waals surface area (Å²) in [6.45, 7) is 12.8. The number of nitrogens with zero attached hydrogens (tertiary/aromatic N) is 1. The number of ether oxygens (including phenoxy) is 1. The lowest BCUT2D eigenvalue weighted by Gasteiger charge is -2.49. The van der Waals surface area contributed by atoms with E-state index in [0.29, 0.717) is 35.8 Å². The summed E-state index contributed by atoms with van der Waals surface area (Å²) >= 11 is 0. The Bertz CT molecular complexity index is 516. The van der Waals surface area contributed by atoms with Crippen LogP contribution in [0, 0.1) is 23.7 Å². The molecule has 0 aromatic heterocycles. The van der Waals surface area contributed by atoms with Gasteiger partial charge in [-0.2, -0.15) is 0 Å². The molecule has 4 aliphatic rings. The number of hydrogen-bond donors (Lipinski definition) is 1. The van der Waals surface area contributed by atoms with Gasteiger partial charge in [0.15, 0.2) is 0 Å². The Balaban J connectivity index is 1.60. The van der Waals surface area contributed by atoms with Gasteiger partial charge in [-0.3, -0.25) is 4.90 Å². The van der Waals surface area contributed by atoms with E-state index in [2.05, 4.69) is 51.7 Å². The summed E-state index contributed by atoms with van der Waals surface area (Å²) in [5.41, 5.74) is -0.0542. The lowest BCUT2D eigenvalue weighted by Crippen LogP contribution is -2.57. The average molecular weight is 319 g/mol. The van der Waals surface area contributed by atoms with Crippen LogP contribution >= 0.6 is 0 Å². The van der Waals surface area contributed by atoms with Gasteiger partial charge in [-0.1, -0.05) is 32.4 Å². The van der Waals surface area contributed by atoms with E-state index in [-0.39, 0.29) is 17.2 Å². The van der Waals surface area contributed by atoms with Gasteiger partial charge in [-0.25, -0.2) is 0 Å². The second-order valence-electron chi connectivity index (χ2n) is 9.33. The Morgan fingerprint density at radius 1 is 1.22 bits per heavy atom. The van der Waals surface area contributed by atoms with E-state index in [9.17, 15) is 5.11 Å². The highest BCUT2D eigenvalue weighted by Gasteiger charge is 2.65. The largest absolute Gasteiger partial charge is 0.393 e. The molecule has 3 heteroatoms. The minimum absolute atomic E-state index is 0.0209. The third kappa shape index (κ3) is 2.06. The lowest BCUT2D eigenvalue weighted by molar-refractivity contribution is -0.0738. The second kappa shape index (κ2) is 5.06. The summed E-state index contributed by atoms with van der Waals surface area (Å²) in [5.74, 6) is 2.24. The average Bonchev–Trinajstić information content (AvgIpc) is 3.10. The molecular weight excluding hydrogens is 286 g/mol. The molecule has 2 saturated heterocycles. The minimum atomic E-state index is -0.163. The van der Waals surface area contributed by atoms with Crippen molar-refractivity contribution < 1.29 is 9.84 Å². The molecule has 3 nitrogen and oxygen atoms in total. The molecule has 0 radical (unpaired) electrons. The summed E-state index contributed by atoms with van der Waals surface area (Å²) in [4.78, 5) is 2.66. The Labute approximate surface area is 141 Å². The zero-order chi connectivity index (χ0) is 16.6. The first-order valence-electron chi connectivity index (χ1n) is 9.59. The van der Waals surface area contributed by atoms with Crippen LogP contribution in [0.4, 0.5) is 0 Å². The molecule has 0 unspecified atom stereocenters. The summed E-state index contributed by atoms with van der Waals surface area (Å²) < 4.78 is 6.45. The van der Waals surface area contributed by atoms with Gasteiger partial charge < -0.3 is 9.84 Å². The van der Waals surface area contributed by atoms with Gasteiger partial charge in [0.1, 0.15) is 5.60 Å². The highest BCUT2D eigenvalue weighted by Crippen LogP contribution is 2.56. The third-order valence-corrected chi connectivity index (χ3v) is 7.86. The van der Waals surface area contributed by atoms with E-state index in [1.165, 1.54) is 6.42 Å². The van der Waals surface area contributed by atoms with Crippen molar-refractivity contribution in [2.45, 2.75) is 83.3 Å². The third-order valence-electron chi connectivity index (χ3n) is 7.86. The molecule has 3 heterocycles. The molecule has 0 aromatic carbocycles. The molecule has 2 bridgehead atoms. The first-order chi connectivity index (χ1) is 10.8. The molecule has 23 heavy (non-hydrogen) atoms. The molecular formula is C20H33NO2. The fourth-order valence-electron chi connectivity index (χ4n) is 6.29. The van der Waals surface area contributed by atoms with Gasteiger partial charge in [-0.05, 0) is 45.4 Å². The van der Waals surface area contributed by atoms with Crippen molar-refractivity contribution in [3.05, 3.63) is 12.2 Å². The van der Waals surface area contributed by atoms with E-state index in [1.807, 2.05) is 0 Å². The van der Waals surface area contributed by atoms with Crippen LogP contribution in [0.2, 0.25) is 0 Å². The van der Waals surface area contributed by atoms with E-state index < -0.39 is 0 Å². The molecule has 1 spiro atoms. The fraction of sp³-hybridized carbons (Fsp3) is 0.900. The smallest absolute Gasteiger partial charge is 0.107 e. The Morgan fingerprint density at radius 3 is 2.61 bits per heavy atom. The quantitative estimate of drug-likeness (QED) is 0.793. The summed E-state index contributed by atoms with van der Waals surface area (Å²) in [5, 5.41) is 10.7. The maximum Gasteiger partial charge on any atom is 0.107 e. The van der Waals surface area contributed by atoms with E-state index >= 15 is 0 Å². The van der Waals surface area contributed by atoms with Crippen LogP contribution in [0.25, 0.3) is 0 Å². The molecule has 130 valence electrons. The molecule has 3 aliphatic heterocycles. The van der Waals surface area contributed by atoms with Crippen molar-refractivity contribution in [3.63, 3.8) is 0 Å². The number of rotatable bonds is 2. The lowest BCUT2D eigenvalue weighted by atomic mass is 9.71. The molecule has 1 N–H and O–H groups in total. The predicted octanol–water partition coefficient (Wildman–Crippen LogP) is 3.23. The number of likely N-dealkylation sites (tertiary alicyclic amines) is 1.